The topological polar surface area (TPSA) is 48.1 Å². The van der Waals surface area contributed by atoms with Crippen LogP contribution in [-0.2, 0) is 0 Å². The maximum atomic E-state index is 5.71. The zero-order chi connectivity index (χ0) is 11.5. The normalized spacial score (nSPS) is 10.1. The van der Waals surface area contributed by atoms with Crippen molar-refractivity contribution >= 4 is 5.69 Å². The molecule has 2 rings (SSSR count). The van der Waals surface area contributed by atoms with Gasteiger partial charge in [-0.2, -0.15) is 0 Å². The number of nitrogens with two attached hydrogens (primary N) is 1. The van der Waals surface area contributed by atoms with Gasteiger partial charge in [-0.1, -0.05) is 6.07 Å². The van der Waals surface area contributed by atoms with Crippen LogP contribution in [0.3, 0.4) is 0 Å². The van der Waals surface area contributed by atoms with Crippen LogP contribution in [-0.4, -0.2) is 12.1 Å². The smallest absolute Gasteiger partial charge is 0.119 e. The van der Waals surface area contributed by atoms with Crippen molar-refractivity contribution in [3.63, 3.8) is 0 Å². The van der Waals surface area contributed by atoms with Gasteiger partial charge in [0.2, 0.25) is 0 Å². The summed E-state index contributed by atoms with van der Waals surface area (Å²) in [6.45, 7) is 2.04. The zero-order valence-corrected chi connectivity index (χ0v) is 9.40. The summed E-state index contributed by atoms with van der Waals surface area (Å²) in [6, 6.07) is 7.87. The first-order valence-electron chi connectivity index (χ1n) is 5.06. The second-order valence-electron chi connectivity index (χ2n) is 3.69. The molecule has 0 aliphatic heterocycles. The van der Waals surface area contributed by atoms with Gasteiger partial charge in [0.1, 0.15) is 5.75 Å². The highest BCUT2D eigenvalue weighted by molar-refractivity contribution is 5.69. The predicted molar refractivity (Wildman–Crippen MR) is 65.4 cm³/mol. The number of benzene rings is 1. The highest BCUT2D eigenvalue weighted by Crippen LogP contribution is 2.27. The van der Waals surface area contributed by atoms with Gasteiger partial charge in [0.25, 0.3) is 0 Å². The minimum Gasteiger partial charge on any atom is -0.497 e. The molecule has 3 nitrogen and oxygen atoms in total. The summed E-state index contributed by atoms with van der Waals surface area (Å²) in [5.74, 6) is 0.859. The number of nitrogens with zero attached hydrogens (tertiary/aromatic N) is 1. The van der Waals surface area contributed by atoms with Crippen LogP contribution in [0.25, 0.3) is 11.1 Å². The van der Waals surface area contributed by atoms with E-state index in [9.17, 15) is 0 Å². The average molecular weight is 214 g/mol. The predicted octanol–water partition coefficient (Wildman–Crippen LogP) is 2.65. The summed E-state index contributed by atoms with van der Waals surface area (Å²) in [5, 5.41) is 0. The van der Waals surface area contributed by atoms with Crippen molar-refractivity contribution in [2.45, 2.75) is 6.92 Å². The summed E-state index contributed by atoms with van der Waals surface area (Å²) in [5.41, 5.74) is 9.69. The average Bonchev–Trinajstić information content (AvgIpc) is 2.28. The van der Waals surface area contributed by atoms with Crippen LogP contribution in [0, 0.1) is 6.92 Å². The molecule has 0 unspecified atom stereocenters. The fourth-order valence-corrected chi connectivity index (χ4v) is 1.69. The SMILES string of the molecule is COc1ccc(-c2cncc(N)c2)c(C)c1. The van der Waals surface area contributed by atoms with Crippen molar-refractivity contribution in [1.82, 2.24) is 4.98 Å². The van der Waals surface area contributed by atoms with E-state index in [0.29, 0.717) is 5.69 Å². The first-order valence-corrected chi connectivity index (χ1v) is 5.06. The first kappa shape index (κ1) is 10.5. The molecule has 0 spiro atoms. The van der Waals surface area contributed by atoms with Crippen molar-refractivity contribution in [2.75, 3.05) is 12.8 Å². The summed E-state index contributed by atoms with van der Waals surface area (Å²) >= 11 is 0. The second kappa shape index (κ2) is 4.23. The lowest BCUT2D eigenvalue weighted by atomic mass is 10.0. The summed E-state index contributed by atoms with van der Waals surface area (Å²) in [6.07, 6.45) is 3.45. The minimum atomic E-state index is 0.674. The molecule has 1 aromatic carbocycles. The van der Waals surface area contributed by atoms with Crippen LogP contribution in [0.4, 0.5) is 5.69 Å². The summed E-state index contributed by atoms with van der Waals surface area (Å²) in [7, 11) is 1.66. The van der Waals surface area contributed by atoms with Crippen LogP contribution < -0.4 is 10.5 Å². The highest BCUT2D eigenvalue weighted by Gasteiger charge is 2.03. The highest BCUT2D eigenvalue weighted by atomic mass is 16.5. The quantitative estimate of drug-likeness (QED) is 0.836. The lowest BCUT2D eigenvalue weighted by Crippen LogP contribution is -1.90. The second-order valence-corrected chi connectivity index (χ2v) is 3.69. The third-order valence-electron chi connectivity index (χ3n) is 2.50. The Morgan fingerprint density at radius 2 is 2.00 bits per heavy atom. The van der Waals surface area contributed by atoms with Gasteiger partial charge in [-0.25, -0.2) is 0 Å². The lowest BCUT2D eigenvalue weighted by molar-refractivity contribution is 0.414. The molecule has 0 aliphatic carbocycles. The number of methoxy groups -OCH3 is 1. The number of aromatic nitrogens is 1. The van der Waals surface area contributed by atoms with Gasteiger partial charge in [0, 0.05) is 18.0 Å². The Bertz CT molecular complexity index is 509. The molecular weight excluding hydrogens is 200 g/mol. The molecule has 0 fully saturated rings. The molecular formula is C13H14N2O. The third kappa shape index (κ3) is 1.98. The molecule has 0 amide bonds. The number of anilines is 1. The fraction of sp³-hybridized carbons (Fsp3) is 0.154. The molecule has 82 valence electrons. The summed E-state index contributed by atoms with van der Waals surface area (Å²) < 4.78 is 5.17. The standard InChI is InChI=1S/C13H14N2O/c1-9-5-12(16-2)3-4-13(9)10-6-11(14)8-15-7-10/h3-8H,14H2,1-2H3. The largest absolute Gasteiger partial charge is 0.497 e. The van der Waals surface area contributed by atoms with Gasteiger partial charge in [0.15, 0.2) is 0 Å². The van der Waals surface area contributed by atoms with Crippen LogP contribution >= 0.6 is 0 Å². The van der Waals surface area contributed by atoms with E-state index < -0.39 is 0 Å². The van der Waals surface area contributed by atoms with E-state index >= 15 is 0 Å². The van der Waals surface area contributed by atoms with Crippen LogP contribution in [0.1, 0.15) is 5.56 Å². The summed E-state index contributed by atoms with van der Waals surface area (Å²) in [4.78, 5) is 4.09. The molecule has 16 heavy (non-hydrogen) atoms. The Morgan fingerprint density at radius 3 is 2.62 bits per heavy atom. The molecule has 1 aromatic heterocycles. The number of hydrogen-bond donors (Lipinski definition) is 1. The molecule has 0 radical (unpaired) electrons. The number of aryl methyl sites for hydroxylation is 1. The van der Waals surface area contributed by atoms with Crippen LogP contribution in [0.15, 0.2) is 36.7 Å². The van der Waals surface area contributed by atoms with Gasteiger partial charge >= 0.3 is 0 Å². The van der Waals surface area contributed by atoms with E-state index in [2.05, 4.69) is 4.98 Å². The molecule has 0 saturated carbocycles. The molecule has 3 heteroatoms. The van der Waals surface area contributed by atoms with E-state index in [0.717, 1.165) is 22.4 Å². The molecule has 1 heterocycles. The number of nitrogen functional groups attached to an aromatic ring is 1. The van der Waals surface area contributed by atoms with Crippen molar-refractivity contribution in [2.24, 2.45) is 0 Å². The molecule has 0 aliphatic rings. The fourth-order valence-electron chi connectivity index (χ4n) is 1.69. The molecule has 0 bridgehead atoms. The number of rotatable bonds is 2. The minimum absolute atomic E-state index is 0.674. The Labute approximate surface area is 94.9 Å². The molecule has 0 atom stereocenters. The van der Waals surface area contributed by atoms with Gasteiger partial charge < -0.3 is 10.5 Å². The van der Waals surface area contributed by atoms with E-state index in [1.54, 1.807) is 13.3 Å². The van der Waals surface area contributed by atoms with E-state index in [-0.39, 0.29) is 0 Å². The van der Waals surface area contributed by atoms with Gasteiger partial charge in [-0.15, -0.1) is 0 Å². The first-order chi connectivity index (χ1) is 7.70. The third-order valence-corrected chi connectivity index (χ3v) is 2.50. The van der Waals surface area contributed by atoms with Crippen LogP contribution in [0.5, 0.6) is 5.75 Å². The monoisotopic (exact) mass is 214 g/mol. The molecule has 0 saturated heterocycles. The van der Waals surface area contributed by atoms with Crippen molar-refractivity contribution in [3.8, 4) is 16.9 Å². The number of pyridine rings is 1. The number of ether oxygens (including phenoxy) is 1. The van der Waals surface area contributed by atoms with Crippen molar-refractivity contribution in [1.29, 1.82) is 0 Å². The van der Waals surface area contributed by atoms with Crippen molar-refractivity contribution in [3.05, 3.63) is 42.2 Å². The Kier molecular flexibility index (Phi) is 2.77. The zero-order valence-electron chi connectivity index (χ0n) is 9.40. The van der Waals surface area contributed by atoms with Gasteiger partial charge in [-0.05, 0) is 36.2 Å². The van der Waals surface area contributed by atoms with Crippen molar-refractivity contribution < 1.29 is 4.74 Å². The maximum Gasteiger partial charge on any atom is 0.119 e. The van der Waals surface area contributed by atoms with Gasteiger partial charge in [-0.3, -0.25) is 4.98 Å². The van der Waals surface area contributed by atoms with Gasteiger partial charge in [0.05, 0.1) is 12.8 Å². The van der Waals surface area contributed by atoms with E-state index in [1.807, 2.05) is 37.4 Å². The Hall–Kier alpha value is -2.03. The van der Waals surface area contributed by atoms with E-state index in [1.165, 1.54) is 0 Å². The van der Waals surface area contributed by atoms with Crippen LogP contribution in [0.2, 0.25) is 0 Å². The lowest BCUT2D eigenvalue weighted by Gasteiger charge is -2.08. The molecule has 2 N–H and O–H groups in total. The molecule has 2 aromatic rings. The Balaban J connectivity index is 2.48. The number of hydrogen-bond acceptors (Lipinski definition) is 3. The van der Waals surface area contributed by atoms with E-state index in [4.69, 9.17) is 10.5 Å². The maximum absolute atomic E-state index is 5.71. The Morgan fingerprint density at radius 1 is 1.19 bits per heavy atom.